The number of halogens is 1. The number of carbonyl (C=O) groups excluding carboxylic acids is 2. The molecule has 2 aromatic rings. The third kappa shape index (κ3) is 5.68. The van der Waals surface area contributed by atoms with Crippen LogP contribution in [0.4, 0.5) is 0 Å². The first kappa shape index (κ1) is 20.7. The molecule has 0 radical (unpaired) electrons. The van der Waals surface area contributed by atoms with Gasteiger partial charge in [-0.25, -0.2) is 17.9 Å². The van der Waals surface area contributed by atoms with Crippen molar-refractivity contribution < 1.29 is 27.5 Å². The van der Waals surface area contributed by atoms with Crippen LogP contribution in [0.2, 0.25) is 5.02 Å². The molecule has 0 fully saturated rings. The second kappa shape index (κ2) is 8.85. The van der Waals surface area contributed by atoms with E-state index in [0.29, 0.717) is 16.3 Å². The number of hydrogen-bond acceptors (Lipinski definition) is 6. The fraction of sp³-hybridized carbons (Fsp3) is 0.176. The van der Waals surface area contributed by atoms with Gasteiger partial charge in [0.1, 0.15) is 12.4 Å². The number of rotatable bonds is 8. The van der Waals surface area contributed by atoms with Crippen LogP contribution in [0.3, 0.4) is 0 Å². The van der Waals surface area contributed by atoms with Gasteiger partial charge in [0.2, 0.25) is 15.9 Å². The standard InChI is InChI=1S/C17H17ClN2O6S/c1-25-15-7-4-13(18)8-12(15)10-26-17(22)11-2-5-14(6-3-11)27(23,24)20-9-16(19)21/h2-8,20H,9-10H2,1H3,(H2,19,21). The molecule has 0 aliphatic heterocycles. The Morgan fingerprint density at radius 3 is 2.41 bits per heavy atom. The highest BCUT2D eigenvalue weighted by atomic mass is 35.5. The Kier molecular flexibility index (Phi) is 6.78. The van der Waals surface area contributed by atoms with Crippen molar-refractivity contribution in [1.29, 1.82) is 0 Å². The Morgan fingerprint density at radius 2 is 1.81 bits per heavy atom. The molecule has 0 aliphatic rings. The van der Waals surface area contributed by atoms with E-state index in [2.05, 4.69) is 0 Å². The van der Waals surface area contributed by atoms with Gasteiger partial charge in [0.25, 0.3) is 0 Å². The molecule has 144 valence electrons. The molecule has 0 heterocycles. The second-order valence-corrected chi connectivity index (χ2v) is 7.55. The van der Waals surface area contributed by atoms with Gasteiger partial charge < -0.3 is 15.2 Å². The van der Waals surface area contributed by atoms with Gasteiger partial charge in [0, 0.05) is 10.6 Å². The first-order chi connectivity index (χ1) is 12.7. The van der Waals surface area contributed by atoms with Gasteiger partial charge in [-0.2, -0.15) is 0 Å². The summed E-state index contributed by atoms with van der Waals surface area (Å²) < 4.78 is 36.4. The highest BCUT2D eigenvalue weighted by Crippen LogP contribution is 2.23. The minimum absolute atomic E-state index is 0.0667. The average Bonchev–Trinajstić information content (AvgIpc) is 2.65. The molecule has 0 saturated heterocycles. The number of nitrogens with two attached hydrogens (primary N) is 1. The van der Waals surface area contributed by atoms with Gasteiger partial charge in [-0.3, -0.25) is 4.79 Å². The fourth-order valence-corrected chi connectivity index (χ4v) is 3.29. The first-order valence-electron chi connectivity index (χ1n) is 7.60. The highest BCUT2D eigenvalue weighted by Gasteiger charge is 2.16. The normalized spacial score (nSPS) is 11.0. The Bertz CT molecular complexity index is 944. The molecule has 10 heteroatoms. The van der Waals surface area contributed by atoms with E-state index in [-0.39, 0.29) is 17.1 Å². The molecule has 2 aromatic carbocycles. The zero-order chi connectivity index (χ0) is 20.0. The summed E-state index contributed by atoms with van der Waals surface area (Å²) in [6, 6.07) is 9.97. The molecule has 0 aromatic heterocycles. The maximum Gasteiger partial charge on any atom is 0.338 e. The van der Waals surface area contributed by atoms with Gasteiger partial charge in [0.15, 0.2) is 0 Å². The molecule has 0 unspecified atom stereocenters. The van der Waals surface area contributed by atoms with Crippen molar-refractivity contribution in [1.82, 2.24) is 4.72 Å². The molecule has 0 aliphatic carbocycles. The van der Waals surface area contributed by atoms with Crippen molar-refractivity contribution in [2.24, 2.45) is 5.73 Å². The quantitative estimate of drug-likeness (QED) is 0.632. The van der Waals surface area contributed by atoms with Crippen molar-refractivity contribution >= 4 is 33.5 Å². The number of amides is 1. The smallest absolute Gasteiger partial charge is 0.338 e. The SMILES string of the molecule is COc1ccc(Cl)cc1COC(=O)c1ccc(S(=O)(=O)NCC(N)=O)cc1. The van der Waals surface area contributed by atoms with Crippen molar-refractivity contribution in [3.05, 3.63) is 58.6 Å². The van der Waals surface area contributed by atoms with E-state index < -0.39 is 28.4 Å². The van der Waals surface area contributed by atoms with E-state index >= 15 is 0 Å². The van der Waals surface area contributed by atoms with Gasteiger partial charge in [-0.1, -0.05) is 11.6 Å². The number of hydrogen-bond donors (Lipinski definition) is 2. The van der Waals surface area contributed by atoms with E-state index in [1.54, 1.807) is 18.2 Å². The van der Waals surface area contributed by atoms with Gasteiger partial charge >= 0.3 is 5.97 Å². The Balaban J connectivity index is 2.06. The van der Waals surface area contributed by atoms with E-state index in [4.69, 9.17) is 26.8 Å². The number of carbonyl (C=O) groups is 2. The summed E-state index contributed by atoms with van der Waals surface area (Å²) in [6.07, 6.45) is 0. The van der Waals surface area contributed by atoms with Gasteiger partial charge in [0.05, 0.1) is 24.1 Å². The fourth-order valence-electron chi connectivity index (χ4n) is 2.11. The van der Waals surface area contributed by atoms with Crippen LogP contribution < -0.4 is 15.2 Å². The van der Waals surface area contributed by atoms with Crippen LogP contribution in [0.1, 0.15) is 15.9 Å². The van der Waals surface area contributed by atoms with Crippen LogP contribution in [0.5, 0.6) is 5.75 Å². The van der Waals surface area contributed by atoms with Crippen molar-refractivity contribution in [3.8, 4) is 5.75 Å². The van der Waals surface area contributed by atoms with Gasteiger partial charge in [-0.05, 0) is 42.5 Å². The molecule has 0 saturated carbocycles. The maximum absolute atomic E-state index is 12.2. The summed E-state index contributed by atoms with van der Waals surface area (Å²) in [5.74, 6) is -0.935. The lowest BCUT2D eigenvalue weighted by Crippen LogP contribution is -2.33. The average molecular weight is 413 g/mol. The number of methoxy groups -OCH3 is 1. The van der Waals surface area contributed by atoms with Gasteiger partial charge in [-0.15, -0.1) is 0 Å². The largest absolute Gasteiger partial charge is 0.496 e. The predicted molar refractivity (Wildman–Crippen MR) is 97.9 cm³/mol. The predicted octanol–water partition coefficient (Wildman–Crippen LogP) is 1.47. The summed E-state index contributed by atoms with van der Waals surface area (Å²) in [4.78, 5) is 22.7. The van der Waals surface area contributed by atoms with Crippen molar-refractivity contribution in [2.75, 3.05) is 13.7 Å². The lowest BCUT2D eigenvalue weighted by Gasteiger charge is -2.10. The molecule has 2 rings (SSSR count). The number of sulfonamides is 1. The number of nitrogens with one attached hydrogen (secondary N) is 1. The minimum atomic E-state index is -3.90. The Hall–Kier alpha value is -2.62. The monoisotopic (exact) mass is 412 g/mol. The van der Waals surface area contributed by atoms with Crippen LogP contribution >= 0.6 is 11.6 Å². The lowest BCUT2D eigenvalue weighted by atomic mass is 10.2. The Morgan fingerprint density at radius 1 is 1.15 bits per heavy atom. The van der Waals surface area contributed by atoms with E-state index in [9.17, 15) is 18.0 Å². The summed E-state index contributed by atoms with van der Waals surface area (Å²) in [7, 11) is -2.41. The third-order valence-corrected chi connectivity index (χ3v) is 5.09. The summed E-state index contributed by atoms with van der Waals surface area (Å²) >= 11 is 5.92. The second-order valence-electron chi connectivity index (χ2n) is 5.35. The number of esters is 1. The maximum atomic E-state index is 12.2. The van der Waals surface area contributed by atoms with Crippen LogP contribution in [0, 0.1) is 0 Å². The zero-order valence-corrected chi connectivity index (χ0v) is 15.8. The summed E-state index contributed by atoms with van der Waals surface area (Å²) in [6.45, 7) is -0.587. The van der Waals surface area contributed by atoms with Crippen LogP contribution in [-0.4, -0.2) is 33.9 Å². The molecule has 1 amide bonds. The topological polar surface area (TPSA) is 125 Å². The van der Waals surface area contributed by atoms with E-state index in [0.717, 1.165) is 0 Å². The lowest BCUT2D eigenvalue weighted by molar-refractivity contribution is -0.116. The summed E-state index contributed by atoms with van der Waals surface area (Å²) in [5.41, 5.74) is 5.66. The molecule has 0 spiro atoms. The molecular formula is C17H17ClN2O6S. The first-order valence-corrected chi connectivity index (χ1v) is 9.46. The van der Waals surface area contributed by atoms with E-state index in [1.807, 2.05) is 4.72 Å². The van der Waals surface area contributed by atoms with Crippen molar-refractivity contribution in [3.63, 3.8) is 0 Å². The molecule has 3 N–H and O–H groups in total. The molecule has 0 bridgehead atoms. The summed E-state index contributed by atoms with van der Waals surface area (Å²) in [5, 5.41) is 0.472. The minimum Gasteiger partial charge on any atom is -0.496 e. The number of primary amides is 1. The van der Waals surface area contributed by atoms with Crippen LogP contribution in [0.15, 0.2) is 47.4 Å². The number of ether oxygens (including phenoxy) is 2. The van der Waals surface area contributed by atoms with Crippen LogP contribution in [-0.2, 0) is 26.2 Å². The molecule has 27 heavy (non-hydrogen) atoms. The van der Waals surface area contributed by atoms with Crippen LogP contribution in [0.25, 0.3) is 0 Å². The zero-order valence-electron chi connectivity index (χ0n) is 14.3. The highest BCUT2D eigenvalue weighted by molar-refractivity contribution is 7.89. The van der Waals surface area contributed by atoms with E-state index in [1.165, 1.54) is 31.4 Å². The Labute approximate surface area is 161 Å². The third-order valence-electron chi connectivity index (χ3n) is 3.44. The number of benzene rings is 2. The van der Waals surface area contributed by atoms with Crippen molar-refractivity contribution in [2.45, 2.75) is 11.5 Å². The molecule has 0 atom stereocenters. The molecular weight excluding hydrogens is 396 g/mol. The molecule has 8 nitrogen and oxygen atoms in total.